The van der Waals surface area contributed by atoms with E-state index in [2.05, 4.69) is 37.3 Å². The van der Waals surface area contributed by atoms with Crippen molar-refractivity contribution in [3.63, 3.8) is 0 Å². The normalized spacial score (nSPS) is 10.9. The molecule has 2 heteroatoms. The molecule has 0 amide bonds. The number of hydrogen-bond donors (Lipinski definition) is 0. The van der Waals surface area contributed by atoms with Gasteiger partial charge >= 0.3 is 0 Å². The number of carbonyl (C=O) groups excluding carboxylic acids is 1. The second-order valence-corrected chi connectivity index (χ2v) is 6.35. The Balaban J connectivity index is 1.86. The summed E-state index contributed by atoms with van der Waals surface area (Å²) in [6.07, 6.45) is 0.387. The highest BCUT2D eigenvalue weighted by Gasteiger charge is 2.16. The molecule has 0 saturated carbocycles. The topological polar surface area (TPSA) is 22.0 Å². The van der Waals surface area contributed by atoms with E-state index in [1.54, 1.807) is 0 Å². The molecule has 0 spiro atoms. The van der Waals surface area contributed by atoms with Crippen LogP contribution in [0.4, 0.5) is 0 Å². The molecule has 0 aliphatic carbocycles. The fourth-order valence-corrected chi connectivity index (χ4v) is 3.29. The number of para-hydroxylation sites is 1. The second kappa shape index (κ2) is 6.40. The van der Waals surface area contributed by atoms with Crippen LogP contribution in [0, 0.1) is 6.92 Å². The summed E-state index contributed by atoms with van der Waals surface area (Å²) in [4.78, 5) is 13.1. The molecule has 1 heterocycles. The maximum absolute atomic E-state index is 13.1. The zero-order valence-corrected chi connectivity index (χ0v) is 14.1. The predicted molar refractivity (Wildman–Crippen MR) is 103 cm³/mol. The van der Waals surface area contributed by atoms with Gasteiger partial charge in [0.05, 0.1) is 17.6 Å². The van der Waals surface area contributed by atoms with Crippen LogP contribution in [0.2, 0.25) is 0 Å². The minimum atomic E-state index is 0.0870. The van der Waals surface area contributed by atoms with Crippen molar-refractivity contribution in [3.8, 4) is 11.3 Å². The minimum Gasteiger partial charge on any atom is -0.280 e. The van der Waals surface area contributed by atoms with Crippen molar-refractivity contribution in [2.24, 2.45) is 0 Å². The first-order valence-corrected chi connectivity index (χ1v) is 8.47. The van der Waals surface area contributed by atoms with Gasteiger partial charge in [-0.25, -0.2) is 0 Å². The smallest absolute Gasteiger partial charge is 0.235 e. The number of hydrogen-bond acceptors (Lipinski definition) is 1. The molecule has 0 fully saturated rings. The number of rotatable bonds is 3. The number of carbonyl (C=O) groups is 1. The molecule has 1 aromatic heterocycles. The molecule has 0 aliphatic rings. The molecule has 0 N–H and O–H groups in total. The maximum atomic E-state index is 13.1. The molecule has 0 saturated heterocycles. The van der Waals surface area contributed by atoms with E-state index >= 15 is 0 Å². The molecule has 25 heavy (non-hydrogen) atoms. The van der Waals surface area contributed by atoms with Crippen molar-refractivity contribution in [2.45, 2.75) is 13.3 Å². The summed E-state index contributed by atoms with van der Waals surface area (Å²) in [6, 6.07) is 28.4. The van der Waals surface area contributed by atoms with Gasteiger partial charge in [-0.3, -0.25) is 9.36 Å². The molecule has 0 radical (unpaired) electrons. The summed E-state index contributed by atoms with van der Waals surface area (Å²) in [6.45, 7) is 2.07. The first-order chi connectivity index (χ1) is 12.2. The molecule has 122 valence electrons. The van der Waals surface area contributed by atoms with Crippen LogP contribution >= 0.6 is 0 Å². The highest BCUT2D eigenvalue weighted by molar-refractivity contribution is 5.99. The van der Waals surface area contributed by atoms with Gasteiger partial charge in [-0.05, 0) is 36.2 Å². The molecule has 0 unspecified atom stereocenters. The fourth-order valence-electron chi connectivity index (χ4n) is 3.29. The van der Waals surface area contributed by atoms with E-state index in [-0.39, 0.29) is 5.91 Å². The standard InChI is InChI=1S/C23H19NO/c1-17-8-7-12-19(14-17)22-16-20-11-5-6-13-21(20)24(22)23(25)15-18-9-3-2-4-10-18/h2-14,16H,15H2,1H3. The van der Waals surface area contributed by atoms with Gasteiger partial charge in [0.25, 0.3) is 0 Å². The third kappa shape index (κ3) is 2.99. The van der Waals surface area contributed by atoms with Crippen molar-refractivity contribution in [2.75, 3.05) is 0 Å². The lowest BCUT2D eigenvalue weighted by Gasteiger charge is -2.10. The van der Waals surface area contributed by atoms with E-state index in [1.165, 1.54) is 5.56 Å². The summed E-state index contributed by atoms with van der Waals surface area (Å²) in [5.74, 6) is 0.0870. The summed E-state index contributed by atoms with van der Waals surface area (Å²) in [5, 5.41) is 1.08. The van der Waals surface area contributed by atoms with Crippen molar-refractivity contribution >= 4 is 16.8 Å². The van der Waals surface area contributed by atoms with Gasteiger partial charge in [0.2, 0.25) is 5.91 Å². The average molecular weight is 325 g/mol. The lowest BCUT2D eigenvalue weighted by Crippen LogP contribution is -2.14. The molecule has 0 aliphatic heterocycles. The monoisotopic (exact) mass is 325 g/mol. The Bertz CT molecular complexity index is 1040. The molecule has 0 atom stereocenters. The van der Waals surface area contributed by atoms with Crippen LogP contribution in [0.1, 0.15) is 15.9 Å². The molecule has 3 aromatic carbocycles. The van der Waals surface area contributed by atoms with E-state index in [0.29, 0.717) is 6.42 Å². The van der Waals surface area contributed by atoms with Crippen LogP contribution in [-0.2, 0) is 6.42 Å². The summed E-state index contributed by atoms with van der Waals surface area (Å²) >= 11 is 0. The predicted octanol–water partition coefficient (Wildman–Crippen LogP) is 5.50. The fraction of sp³-hybridized carbons (Fsp3) is 0.0870. The third-order valence-corrected chi connectivity index (χ3v) is 4.47. The van der Waals surface area contributed by atoms with E-state index in [9.17, 15) is 4.79 Å². The number of fused-ring (bicyclic) bond motifs is 1. The first-order valence-electron chi connectivity index (χ1n) is 8.47. The van der Waals surface area contributed by atoms with Crippen molar-refractivity contribution in [1.82, 2.24) is 4.57 Å². The van der Waals surface area contributed by atoms with Crippen LogP contribution in [0.25, 0.3) is 22.2 Å². The van der Waals surface area contributed by atoms with Crippen molar-refractivity contribution in [3.05, 3.63) is 96.1 Å². The second-order valence-electron chi connectivity index (χ2n) is 6.35. The van der Waals surface area contributed by atoms with Gasteiger partial charge in [0, 0.05) is 5.39 Å². The number of benzene rings is 3. The number of aromatic nitrogens is 1. The molecule has 4 aromatic rings. The average Bonchev–Trinajstić information content (AvgIpc) is 3.02. The Kier molecular flexibility index (Phi) is 3.95. The van der Waals surface area contributed by atoms with Crippen LogP contribution in [0.5, 0.6) is 0 Å². The highest BCUT2D eigenvalue weighted by atomic mass is 16.2. The molecular formula is C23H19NO. The van der Waals surface area contributed by atoms with E-state index in [4.69, 9.17) is 0 Å². The van der Waals surface area contributed by atoms with E-state index in [1.807, 2.05) is 59.2 Å². The maximum Gasteiger partial charge on any atom is 0.235 e. The quantitative estimate of drug-likeness (QED) is 0.487. The van der Waals surface area contributed by atoms with E-state index < -0.39 is 0 Å². The number of nitrogens with zero attached hydrogens (tertiary/aromatic N) is 1. The van der Waals surface area contributed by atoms with Crippen molar-refractivity contribution in [1.29, 1.82) is 0 Å². The zero-order valence-electron chi connectivity index (χ0n) is 14.1. The Morgan fingerprint density at radius 3 is 2.40 bits per heavy atom. The lowest BCUT2D eigenvalue weighted by molar-refractivity contribution is 0.0921. The zero-order chi connectivity index (χ0) is 17.2. The van der Waals surface area contributed by atoms with E-state index in [0.717, 1.165) is 27.7 Å². The van der Waals surface area contributed by atoms with Crippen LogP contribution in [0.3, 0.4) is 0 Å². The summed E-state index contributed by atoms with van der Waals surface area (Å²) < 4.78 is 1.86. The van der Waals surface area contributed by atoms with Gasteiger partial charge < -0.3 is 0 Å². The Morgan fingerprint density at radius 1 is 0.840 bits per heavy atom. The van der Waals surface area contributed by atoms with Crippen molar-refractivity contribution < 1.29 is 4.79 Å². The van der Waals surface area contributed by atoms with Crippen LogP contribution < -0.4 is 0 Å². The molecule has 0 bridgehead atoms. The van der Waals surface area contributed by atoms with Crippen LogP contribution in [0.15, 0.2) is 84.9 Å². The lowest BCUT2D eigenvalue weighted by atomic mass is 10.1. The Labute approximate surface area is 147 Å². The highest BCUT2D eigenvalue weighted by Crippen LogP contribution is 2.29. The summed E-state index contributed by atoms with van der Waals surface area (Å²) in [5.41, 5.74) is 5.19. The van der Waals surface area contributed by atoms with Gasteiger partial charge in [-0.15, -0.1) is 0 Å². The van der Waals surface area contributed by atoms with Gasteiger partial charge in [0.15, 0.2) is 0 Å². The van der Waals surface area contributed by atoms with Gasteiger partial charge in [-0.1, -0.05) is 72.3 Å². The third-order valence-electron chi connectivity index (χ3n) is 4.47. The molecule has 2 nitrogen and oxygen atoms in total. The number of aryl methyl sites for hydroxylation is 1. The summed E-state index contributed by atoms with van der Waals surface area (Å²) in [7, 11) is 0. The van der Waals surface area contributed by atoms with Crippen LogP contribution in [-0.4, -0.2) is 10.5 Å². The Hall–Kier alpha value is -3.13. The minimum absolute atomic E-state index is 0.0870. The SMILES string of the molecule is Cc1cccc(-c2cc3ccccc3n2C(=O)Cc2ccccc2)c1. The molecule has 4 rings (SSSR count). The first kappa shape index (κ1) is 15.4. The Morgan fingerprint density at radius 2 is 1.60 bits per heavy atom. The van der Waals surface area contributed by atoms with Gasteiger partial charge in [0.1, 0.15) is 0 Å². The molecular weight excluding hydrogens is 306 g/mol. The largest absolute Gasteiger partial charge is 0.280 e. The van der Waals surface area contributed by atoms with Gasteiger partial charge in [-0.2, -0.15) is 0 Å².